The van der Waals surface area contributed by atoms with Crippen LogP contribution in [-0.2, 0) is 33.7 Å². The van der Waals surface area contributed by atoms with Crippen molar-refractivity contribution < 1.29 is 14.3 Å². The molecule has 0 radical (unpaired) electrons. The largest absolute Gasteiger partial charge is 0.466 e. The van der Waals surface area contributed by atoms with Crippen molar-refractivity contribution >= 4 is 23.2 Å². The van der Waals surface area contributed by atoms with Gasteiger partial charge in [0.15, 0.2) is 0 Å². The van der Waals surface area contributed by atoms with Gasteiger partial charge in [-0.2, -0.15) is 0 Å². The van der Waals surface area contributed by atoms with E-state index in [0.717, 1.165) is 0 Å². The molecule has 5 heteroatoms. The van der Waals surface area contributed by atoms with E-state index in [-0.39, 0.29) is 24.7 Å². The van der Waals surface area contributed by atoms with Gasteiger partial charge in [0, 0.05) is 16.2 Å². The smallest absolute Gasteiger partial charge is 0.306 e. The standard InChI is InChI=1S/C14H19NO3S/c1-2-18-14(17)7-6-13(16)15-9-11-8-10-4-3-5-12(10)19-11/h8H,2-7,9H2,1H3,(H,15,16). The second-order valence-corrected chi connectivity index (χ2v) is 5.82. The zero-order chi connectivity index (χ0) is 13.7. The number of hydrogen-bond donors (Lipinski definition) is 1. The lowest BCUT2D eigenvalue weighted by Crippen LogP contribution is -2.23. The number of amides is 1. The van der Waals surface area contributed by atoms with Gasteiger partial charge in [-0.05, 0) is 37.8 Å². The average Bonchev–Trinajstić information content (AvgIpc) is 2.94. The Bertz CT molecular complexity index is 446. The van der Waals surface area contributed by atoms with E-state index in [1.807, 2.05) is 0 Å². The molecule has 0 aromatic carbocycles. The first-order chi connectivity index (χ1) is 9.19. The molecule has 19 heavy (non-hydrogen) atoms. The van der Waals surface area contributed by atoms with Crippen LogP contribution in [0.2, 0.25) is 0 Å². The van der Waals surface area contributed by atoms with Gasteiger partial charge in [0.1, 0.15) is 0 Å². The summed E-state index contributed by atoms with van der Waals surface area (Å²) in [6.45, 7) is 2.69. The molecule has 0 fully saturated rings. The minimum Gasteiger partial charge on any atom is -0.466 e. The Kier molecular flexibility index (Phi) is 4.96. The molecule has 0 saturated heterocycles. The second kappa shape index (κ2) is 6.70. The number of aryl methyl sites for hydroxylation is 2. The van der Waals surface area contributed by atoms with Crippen molar-refractivity contribution in [3.63, 3.8) is 0 Å². The summed E-state index contributed by atoms with van der Waals surface area (Å²) in [4.78, 5) is 25.4. The van der Waals surface area contributed by atoms with Gasteiger partial charge in [-0.3, -0.25) is 9.59 Å². The molecule has 0 bridgehead atoms. The summed E-state index contributed by atoms with van der Waals surface area (Å²) in [7, 11) is 0. The summed E-state index contributed by atoms with van der Waals surface area (Å²) in [5, 5.41) is 2.85. The lowest BCUT2D eigenvalue weighted by Gasteiger charge is -2.04. The normalized spacial score (nSPS) is 13.1. The van der Waals surface area contributed by atoms with Crippen LogP contribution in [0.3, 0.4) is 0 Å². The van der Waals surface area contributed by atoms with E-state index in [1.165, 1.54) is 34.6 Å². The monoisotopic (exact) mass is 281 g/mol. The molecule has 0 unspecified atom stereocenters. The van der Waals surface area contributed by atoms with Crippen molar-refractivity contribution in [3.05, 3.63) is 21.4 Å². The van der Waals surface area contributed by atoms with Crippen molar-refractivity contribution in [2.45, 2.75) is 45.6 Å². The zero-order valence-corrected chi connectivity index (χ0v) is 12.0. The Balaban J connectivity index is 1.69. The first-order valence-corrected chi connectivity index (χ1v) is 7.53. The summed E-state index contributed by atoms with van der Waals surface area (Å²) < 4.78 is 4.78. The SMILES string of the molecule is CCOC(=O)CCC(=O)NCc1cc2c(s1)CCC2. The third-order valence-electron chi connectivity index (χ3n) is 3.12. The molecule has 4 nitrogen and oxygen atoms in total. The highest BCUT2D eigenvalue weighted by molar-refractivity contribution is 7.12. The predicted molar refractivity (Wildman–Crippen MR) is 74.1 cm³/mol. The van der Waals surface area contributed by atoms with Gasteiger partial charge in [0.25, 0.3) is 0 Å². The molecule has 2 rings (SSSR count). The first-order valence-electron chi connectivity index (χ1n) is 6.72. The number of rotatable bonds is 6. The van der Waals surface area contributed by atoms with E-state index in [0.29, 0.717) is 13.2 Å². The molecular formula is C14H19NO3S. The van der Waals surface area contributed by atoms with Gasteiger partial charge in [-0.25, -0.2) is 0 Å². The fraction of sp³-hybridized carbons (Fsp3) is 0.571. The van der Waals surface area contributed by atoms with E-state index in [2.05, 4.69) is 11.4 Å². The Morgan fingerprint density at radius 2 is 2.21 bits per heavy atom. The van der Waals surface area contributed by atoms with E-state index in [4.69, 9.17) is 4.74 Å². The summed E-state index contributed by atoms with van der Waals surface area (Å²) in [5.74, 6) is -0.408. The molecule has 1 aromatic heterocycles. The number of carbonyl (C=O) groups excluding carboxylic acids is 2. The van der Waals surface area contributed by atoms with Crippen LogP contribution in [0.15, 0.2) is 6.07 Å². The van der Waals surface area contributed by atoms with E-state index < -0.39 is 0 Å². The number of fused-ring (bicyclic) bond motifs is 1. The molecule has 1 N–H and O–H groups in total. The molecule has 0 aliphatic heterocycles. The second-order valence-electron chi connectivity index (χ2n) is 4.60. The molecule has 104 valence electrons. The van der Waals surface area contributed by atoms with Crippen molar-refractivity contribution in [2.75, 3.05) is 6.61 Å². The van der Waals surface area contributed by atoms with Gasteiger partial charge in [0.2, 0.25) is 5.91 Å². The number of carbonyl (C=O) groups is 2. The Hall–Kier alpha value is -1.36. The van der Waals surface area contributed by atoms with Crippen LogP contribution in [0.25, 0.3) is 0 Å². The number of nitrogens with one attached hydrogen (secondary N) is 1. The molecule has 1 heterocycles. The fourth-order valence-electron chi connectivity index (χ4n) is 2.20. The maximum absolute atomic E-state index is 11.6. The van der Waals surface area contributed by atoms with Gasteiger partial charge < -0.3 is 10.1 Å². The molecule has 0 atom stereocenters. The highest BCUT2D eigenvalue weighted by atomic mass is 32.1. The first kappa shape index (κ1) is 14.1. The minimum atomic E-state index is -0.312. The summed E-state index contributed by atoms with van der Waals surface area (Å²) in [6.07, 6.45) is 3.96. The molecule has 1 amide bonds. The molecular weight excluding hydrogens is 262 g/mol. The maximum atomic E-state index is 11.6. The van der Waals surface area contributed by atoms with E-state index in [1.54, 1.807) is 18.3 Å². The van der Waals surface area contributed by atoms with Crippen LogP contribution in [0, 0.1) is 0 Å². The van der Waals surface area contributed by atoms with Gasteiger partial charge in [0.05, 0.1) is 19.6 Å². The highest BCUT2D eigenvalue weighted by Crippen LogP contribution is 2.30. The van der Waals surface area contributed by atoms with E-state index in [9.17, 15) is 9.59 Å². The molecule has 0 spiro atoms. The van der Waals surface area contributed by atoms with Gasteiger partial charge in [-0.1, -0.05) is 0 Å². The lowest BCUT2D eigenvalue weighted by atomic mass is 10.2. The Morgan fingerprint density at radius 1 is 1.37 bits per heavy atom. The van der Waals surface area contributed by atoms with E-state index >= 15 is 0 Å². The number of esters is 1. The zero-order valence-electron chi connectivity index (χ0n) is 11.2. The highest BCUT2D eigenvalue weighted by Gasteiger charge is 2.15. The number of ether oxygens (including phenoxy) is 1. The minimum absolute atomic E-state index is 0.0957. The molecule has 0 saturated carbocycles. The fourth-order valence-corrected chi connectivity index (χ4v) is 3.40. The number of thiophene rings is 1. The van der Waals surface area contributed by atoms with Crippen LogP contribution in [0.4, 0.5) is 0 Å². The molecule has 1 aromatic rings. The van der Waals surface area contributed by atoms with Crippen LogP contribution < -0.4 is 5.32 Å². The van der Waals surface area contributed by atoms with Gasteiger partial charge in [-0.15, -0.1) is 11.3 Å². The van der Waals surface area contributed by atoms with Gasteiger partial charge >= 0.3 is 5.97 Å². The summed E-state index contributed by atoms with van der Waals surface area (Å²) in [6, 6.07) is 2.19. The number of hydrogen-bond acceptors (Lipinski definition) is 4. The van der Waals surface area contributed by atoms with Crippen LogP contribution in [0.5, 0.6) is 0 Å². The third-order valence-corrected chi connectivity index (χ3v) is 4.36. The van der Waals surface area contributed by atoms with Crippen molar-refractivity contribution in [1.29, 1.82) is 0 Å². The quantitative estimate of drug-likeness (QED) is 0.813. The Labute approximate surface area is 117 Å². The van der Waals surface area contributed by atoms with Crippen LogP contribution >= 0.6 is 11.3 Å². The molecule has 1 aliphatic rings. The summed E-state index contributed by atoms with van der Waals surface area (Å²) >= 11 is 1.79. The maximum Gasteiger partial charge on any atom is 0.306 e. The summed E-state index contributed by atoms with van der Waals surface area (Å²) in [5.41, 5.74) is 1.45. The predicted octanol–water partition coefficient (Wildman–Crippen LogP) is 2.20. The third kappa shape index (κ3) is 4.06. The van der Waals surface area contributed by atoms with Crippen molar-refractivity contribution in [1.82, 2.24) is 5.32 Å². The van der Waals surface area contributed by atoms with Crippen molar-refractivity contribution in [2.24, 2.45) is 0 Å². The lowest BCUT2D eigenvalue weighted by molar-refractivity contribution is -0.144. The Morgan fingerprint density at radius 3 is 2.95 bits per heavy atom. The topological polar surface area (TPSA) is 55.4 Å². The average molecular weight is 281 g/mol. The van der Waals surface area contributed by atoms with Crippen LogP contribution in [0.1, 0.15) is 41.5 Å². The van der Waals surface area contributed by atoms with Crippen molar-refractivity contribution in [3.8, 4) is 0 Å². The van der Waals surface area contributed by atoms with Crippen LogP contribution in [-0.4, -0.2) is 18.5 Å². The molecule has 1 aliphatic carbocycles.